The van der Waals surface area contributed by atoms with E-state index in [-0.39, 0.29) is 29.3 Å². The van der Waals surface area contributed by atoms with Crippen LogP contribution in [0.15, 0.2) is 6.08 Å². The third-order valence-electron chi connectivity index (χ3n) is 5.03. The van der Waals surface area contributed by atoms with Gasteiger partial charge in [0.2, 0.25) is 5.69 Å². The highest BCUT2D eigenvalue weighted by atomic mass is 35.5. The number of hydrogen-bond acceptors (Lipinski definition) is 5. The molecule has 0 aliphatic heterocycles. The van der Waals surface area contributed by atoms with E-state index in [1.165, 1.54) is 11.6 Å². The van der Waals surface area contributed by atoms with Gasteiger partial charge in [0.25, 0.3) is 0 Å². The number of unbranched alkanes of at least 4 members (excludes halogenated alkanes) is 3. The molecule has 0 aliphatic carbocycles. The topological polar surface area (TPSA) is 93.7 Å². The number of alkyl halides is 2. The third kappa shape index (κ3) is 8.55. The van der Waals surface area contributed by atoms with Gasteiger partial charge in [0.15, 0.2) is 0 Å². The number of imidazole rings is 1. The molecule has 1 rings (SSSR count). The molecule has 1 aromatic heterocycles. The molecule has 1 atom stereocenters. The van der Waals surface area contributed by atoms with Gasteiger partial charge in [-0.15, -0.1) is 23.2 Å². The monoisotopic (exact) mass is 525 g/mol. The molecular weight excluding hydrogens is 488 g/mol. The highest BCUT2D eigenvalue weighted by molar-refractivity contribution is 7.54. The predicted octanol–water partition coefficient (Wildman–Crippen LogP) is 6.31. The summed E-state index contributed by atoms with van der Waals surface area (Å²) in [5.41, 5.74) is 0.283. The SMILES string of the molecule is CCCCC/C=C/c1nc([N+](=O)[O-])n(C)c1OP(=O)(N(CCC)CCC)N(CCCl)CCCl. The molecule has 0 N–H and O–H groups in total. The normalized spacial score (nSPS) is 13.8. The summed E-state index contributed by atoms with van der Waals surface area (Å²) in [5, 5.41) is 11.6. The molecule has 190 valence electrons. The molecule has 0 fully saturated rings. The second-order valence-corrected chi connectivity index (χ2v) is 10.7. The fraction of sp³-hybridized carbons (Fsp3) is 0.762. The van der Waals surface area contributed by atoms with Crippen LogP contribution in [0.5, 0.6) is 5.88 Å². The van der Waals surface area contributed by atoms with E-state index in [1.54, 1.807) is 15.4 Å². The van der Waals surface area contributed by atoms with Gasteiger partial charge in [0, 0.05) is 37.9 Å². The molecule has 9 nitrogen and oxygen atoms in total. The zero-order chi connectivity index (χ0) is 24.9. The molecule has 0 radical (unpaired) electrons. The molecule has 0 saturated heterocycles. The number of halogens is 2. The average molecular weight is 526 g/mol. The highest BCUT2D eigenvalue weighted by Gasteiger charge is 2.42. The van der Waals surface area contributed by atoms with E-state index in [2.05, 4.69) is 11.9 Å². The fourth-order valence-corrected chi connectivity index (χ4v) is 6.71. The lowest BCUT2D eigenvalue weighted by atomic mass is 10.2. The predicted molar refractivity (Wildman–Crippen MR) is 136 cm³/mol. The molecule has 1 unspecified atom stereocenters. The zero-order valence-corrected chi connectivity index (χ0v) is 22.6. The van der Waals surface area contributed by atoms with Gasteiger partial charge in [-0.05, 0) is 36.7 Å². The van der Waals surface area contributed by atoms with Gasteiger partial charge < -0.3 is 14.6 Å². The number of nitro groups is 1. The van der Waals surface area contributed by atoms with Crippen LogP contribution < -0.4 is 4.52 Å². The number of rotatable bonds is 18. The second kappa shape index (κ2) is 15.7. The summed E-state index contributed by atoms with van der Waals surface area (Å²) >= 11 is 12.0. The Bertz CT molecular complexity index is 774. The van der Waals surface area contributed by atoms with Crippen molar-refractivity contribution >= 4 is 42.9 Å². The Morgan fingerprint density at radius 1 is 1.06 bits per heavy atom. The standard InChI is InChI=1S/C21H38Cl2N5O4P/c1-5-8-9-10-11-12-19-20(25(4)21(24-19)28(29)30)32-33(31,26(15-6-2)16-7-3)27(17-13-22)18-14-23/h11-12H,5-10,13-18H2,1-4H3/b12-11+. The van der Waals surface area contributed by atoms with Crippen molar-refractivity contribution < 1.29 is 14.0 Å². The molecule has 0 spiro atoms. The Morgan fingerprint density at radius 2 is 1.64 bits per heavy atom. The number of aromatic nitrogens is 2. The minimum absolute atomic E-state index is 0.100. The van der Waals surface area contributed by atoms with Crippen LogP contribution in [0.2, 0.25) is 0 Å². The van der Waals surface area contributed by atoms with E-state index in [9.17, 15) is 14.7 Å². The van der Waals surface area contributed by atoms with E-state index in [4.69, 9.17) is 27.7 Å². The first-order valence-corrected chi connectivity index (χ1v) is 14.2. The second-order valence-electron chi connectivity index (χ2n) is 7.68. The largest absolute Gasteiger partial charge is 0.438 e. The van der Waals surface area contributed by atoms with Crippen LogP contribution in [0, 0.1) is 10.1 Å². The van der Waals surface area contributed by atoms with Crippen molar-refractivity contribution in [3.63, 3.8) is 0 Å². The van der Waals surface area contributed by atoms with E-state index < -0.39 is 12.6 Å². The van der Waals surface area contributed by atoms with Gasteiger partial charge in [0.1, 0.15) is 0 Å². The lowest BCUT2D eigenvalue weighted by Gasteiger charge is -2.37. The minimum atomic E-state index is -3.67. The Hall–Kier alpha value is -1.12. The summed E-state index contributed by atoms with van der Waals surface area (Å²) in [7, 11) is -2.17. The van der Waals surface area contributed by atoms with Crippen molar-refractivity contribution in [1.29, 1.82) is 0 Å². The summed E-state index contributed by atoms with van der Waals surface area (Å²) in [6.45, 7) is 7.80. The molecule has 1 aromatic rings. The first-order valence-electron chi connectivity index (χ1n) is 11.6. The number of nitrogens with zero attached hydrogens (tertiary/aromatic N) is 5. The molecule has 12 heteroatoms. The molecule has 0 aromatic carbocycles. The van der Waals surface area contributed by atoms with Gasteiger partial charge in [-0.25, -0.2) is 13.9 Å². The van der Waals surface area contributed by atoms with Crippen LogP contribution in [-0.2, 0) is 11.6 Å². The van der Waals surface area contributed by atoms with E-state index in [1.807, 2.05) is 19.9 Å². The fourth-order valence-electron chi connectivity index (χ4n) is 3.43. The molecule has 0 amide bonds. The maximum atomic E-state index is 14.5. The maximum Gasteiger partial charge on any atom is 0.438 e. The molecule has 0 saturated carbocycles. The lowest BCUT2D eigenvalue weighted by molar-refractivity contribution is -0.396. The van der Waals surface area contributed by atoms with Gasteiger partial charge in [-0.1, -0.05) is 44.7 Å². The first kappa shape index (κ1) is 29.9. The molecular formula is C21H38Cl2N5O4P. The zero-order valence-electron chi connectivity index (χ0n) is 20.2. The average Bonchev–Trinajstić information content (AvgIpc) is 3.08. The van der Waals surface area contributed by atoms with Gasteiger partial charge in [-0.2, -0.15) is 4.57 Å². The smallest absolute Gasteiger partial charge is 0.390 e. The maximum absolute atomic E-state index is 14.5. The van der Waals surface area contributed by atoms with Crippen molar-refractivity contribution in [2.45, 2.75) is 59.3 Å². The Morgan fingerprint density at radius 3 is 2.12 bits per heavy atom. The molecule has 33 heavy (non-hydrogen) atoms. The molecule has 0 aliphatic rings. The van der Waals surface area contributed by atoms with Crippen molar-refractivity contribution in [2.24, 2.45) is 7.05 Å². The van der Waals surface area contributed by atoms with Crippen LogP contribution in [0.25, 0.3) is 6.08 Å². The van der Waals surface area contributed by atoms with E-state index >= 15 is 0 Å². The van der Waals surface area contributed by atoms with Gasteiger partial charge in [0.05, 0.1) is 7.05 Å². The Balaban J connectivity index is 3.52. The van der Waals surface area contributed by atoms with Crippen molar-refractivity contribution in [1.82, 2.24) is 18.9 Å². The van der Waals surface area contributed by atoms with Crippen molar-refractivity contribution in [3.8, 4) is 5.88 Å². The summed E-state index contributed by atoms with van der Waals surface area (Å²) in [6, 6.07) is 0. The van der Waals surface area contributed by atoms with E-state index in [0.29, 0.717) is 26.2 Å². The summed E-state index contributed by atoms with van der Waals surface area (Å²) in [6.07, 6.45) is 9.18. The molecule has 0 bridgehead atoms. The highest BCUT2D eigenvalue weighted by Crippen LogP contribution is 2.55. The Kier molecular flexibility index (Phi) is 14.2. The third-order valence-corrected chi connectivity index (χ3v) is 8.01. The van der Waals surface area contributed by atoms with E-state index in [0.717, 1.165) is 38.5 Å². The van der Waals surface area contributed by atoms with Crippen LogP contribution in [0.1, 0.15) is 65.0 Å². The number of allylic oxidation sites excluding steroid dienone is 1. The van der Waals surface area contributed by atoms with Crippen LogP contribution >= 0.6 is 30.9 Å². The Labute approximate surface area is 207 Å². The molecule has 1 heterocycles. The van der Waals surface area contributed by atoms with Gasteiger partial charge in [-0.3, -0.25) is 0 Å². The van der Waals surface area contributed by atoms with Crippen LogP contribution in [0.4, 0.5) is 5.95 Å². The van der Waals surface area contributed by atoms with Crippen molar-refractivity contribution in [3.05, 3.63) is 21.9 Å². The number of hydrogen-bond donors (Lipinski definition) is 0. The van der Waals surface area contributed by atoms with Crippen LogP contribution in [-0.4, -0.2) is 61.8 Å². The summed E-state index contributed by atoms with van der Waals surface area (Å²) < 4.78 is 25.5. The van der Waals surface area contributed by atoms with Crippen LogP contribution in [0.3, 0.4) is 0 Å². The minimum Gasteiger partial charge on any atom is -0.390 e. The quantitative estimate of drug-likeness (QED) is 0.0728. The lowest BCUT2D eigenvalue weighted by Crippen LogP contribution is -2.37. The van der Waals surface area contributed by atoms with Gasteiger partial charge >= 0.3 is 19.5 Å². The first-order chi connectivity index (χ1) is 15.8. The summed E-state index contributed by atoms with van der Waals surface area (Å²) in [4.78, 5) is 15.1. The summed E-state index contributed by atoms with van der Waals surface area (Å²) in [5.74, 6) is 0.213. The van der Waals surface area contributed by atoms with Crippen molar-refractivity contribution in [2.75, 3.05) is 37.9 Å².